The lowest BCUT2D eigenvalue weighted by Crippen LogP contribution is -1.93. The first-order chi connectivity index (χ1) is 17.4. The van der Waals surface area contributed by atoms with Crippen LogP contribution in [0, 0.1) is 0 Å². The molecule has 0 amide bonds. The van der Waals surface area contributed by atoms with Crippen LogP contribution in [-0.2, 0) is 12.8 Å². The number of unbranched alkanes of at least 4 members (excludes halogenated alkanes) is 19. The molecule has 0 aliphatic heterocycles. The zero-order valence-corrected chi connectivity index (χ0v) is 23.1. The summed E-state index contributed by atoms with van der Waals surface area (Å²) in [6.45, 7) is 2.30. The standard InChI is InChI=1S/C35H54/c1-2-3-4-5-6-7-8-9-10-11-12-13-14-15-16-17-18-19-20-21-25-31-27-24-29-34-33-28-23-22-26-32(33)30-35(31)34/h22-24,26-29H,2-21,25,30H2,1H3. The number of benzene rings is 2. The Labute approximate surface area is 218 Å². The molecule has 0 heterocycles. The predicted octanol–water partition coefficient (Wildman–Crippen LogP) is 11.6. The normalized spacial score (nSPS) is 12.1. The highest BCUT2D eigenvalue weighted by Crippen LogP contribution is 2.38. The molecule has 0 N–H and O–H groups in total. The van der Waals surface area contributed by atoms with E-state index in [0.717, 1.165) is 6.42 Å². The van der Waals surface area contributed by atoms with Crippen LogP contribution in [0.25, 0.3) is 11.1 Å². The highest BCUT2D eigenvalue weighted by Gasteiger charge is 2.19. The van der Waals surface area contributed by atoms with Crippen molar-refractivity contribution < 1.29 is 0 Å². The van der Waals surface area contributed by atoms with Crippen molar-refractivity contribution in [1.29, 1.82) is 0 Å². The Hall–Kier alpha value is -1.56. The zero-order chi connectivity index (χ0) is 24.4. The van der Waals surface area contributed by atoms with E-state index in [1.165, 1.54) is 152 Å². The van der Waals surface area contributed by atoms with E-state index in [1.54, 1.807) is 11.1 Å². The largest absolute Gasteiger partial charge is 0.0654 e. The van der Waals surface area contributed by atoms with Crippen molar-refractivity contribution in [2.24, 2.45) is 0 Å². The monoisotopic (exact) mass is 474 g/mol. The Kier molecular flexibility index (Phi) is 14.3. The van der Waals surface area contributed by atoms with Crippen molar-refractivity contribution in [2.75, 3.05) is 0 Å². The number of rotatable bonds is 21. The van der Waals surface area contributed by atoms with Gasteiger partial charge >= 0.3 is 0 Å². The Morgan fingerprint density at radius 3 is 1.46 bits per heavy atom. The molecular formula is C35H54. The first kappa shape index (κ1) is 28.0. The van der Waals surface area contributed by atoms with Crippen molar-refractivity contribution in [1.82, 2.24) is 0 Å². The van der Waals surface area contributed by atoms with Gasteiger partial charge in [-0.15, -0.1) is 0 Å². The second-order valence-corrected chi connectivity index (χ2v) is 11.2. The van der Waals surface area contributed by atoms with Crippen LogP contribution in [0.5, 0.6) is 0 Å². The number of hydrogen-bond acceptors (Lipinski definition) is 0. The van der Waals surface area contributed by atoms with Gasteiger partial charge in [0.15, 0.2) is 0 Å². The summed E-state index contributed by atoms with van der Waals surface area (Å²) in [4.78, 5) is 0. The van der Waals surface area contributed by atoms with Gasteiger partial charge in [0.2, 0.25) is 0 Å². The van der Waals surface area contributed by atoms with E-state index >= 15 is 0 Å². The maximum Gasteiger partial charge on any atom is -0.00107 e. The summed E-state index contributed by atoms with van der Waals surface area (Å²) in [7, 11) is 0. The van der Waals surface area contributed by atoms with E-state index in [4.69, 9.17) is 0 Å². The van der Waals surface area contributed by atoms with Gasteiger partial charge in [-0.3, -0.25) is 0 Å². The molecule has 0 unspecified atom stereocenters. The second kappa shape index (κ2) is 17.8. The molecule has 0 fully saturated rings. The summed E-state index contributed by atoms with van der Waals surface area (Å²) in [6.07, 6.45) is 31.4. The van der Waals surface area contributed by atoms with Crippen LogP contribution in [0.1, 0.15) is 152 Å². The maximum absolute atomic E-state index is 2.38. The van der Waals surface area contributed by atoms with Crippen LogP contribution in [-0.4, -0.2) is 0 Å². The maximum atomic E-state index is 2.38. The molecule has 0 nitrogen and oxygen atoms in total. The van der Waals surface area contributed by atoms with Crippen LogP contribution in [0.3, 0.4) is 0 Å². The summed E-state index contributed by atoms with van der Waals surface area (Å²) >= 11 is 0. The third-order valence-corrected chi connectivity index (χ3v) is 8.25. The van der Waals surface area contributed by atoms with E-state index < -0.39 is 0 Å². The fourth-order valence-corrected chi connectivity index (χ4v) is 6.03. The quantitative estimate of drug-likeness (QED) is 0.135. The van der Waals surface area contributed by atoms with Crippen molar-refractivity contribution in [2.45, 2.75) is 148 Å². The highest BCUT2D eigenvalue weighted by molar-refractivity contribution is 5.77. The van der Waals surface area contributed by atoms with Gasteiger partial charge in [0.1, 0.15) is 0 Å². The van der Waals surface area contributed by atoms with Crippen LogP contribution < -0.4 is 0 Å². The van der Waals surface area contributed by atoms with E-state index in [2.05, 4.69) is 49.4 Å². The average Bonchev–Trinajstić information content (AvgIpc) is 3.27. The molecule has 194 valence electrons. The molecule has 3 rings (SSSR count). The molecular weight excluding hydrogens is 420 g/mol. The number of aryl methyl sites for hydroxylation is 1. The summed E-state index contributed by atoms with van der Waals surface area (Å²) in [5, 5.41) is 0. The van der Waals surface area contributed by atoms with E-state index in [9.17, 15) is 0 Å². The summed E-state index contributed by atoms with van der Waals surface area (Å²) < 4.78 is 0. The van der Waals surface area contributed by atoms with E-state index in [-0.39, 0.29) is 0 Å². The van der Waals surface area contributed by atoms with Gasteiger partial charge < -0.3 is 0 Å². The molecule has 2 aromatic rings. The predicted molar refractivity (Wildman–Crippen MR) is 156 cm³/mol. The fraction of sp³-hybridized carbons (Fsp3) is 0.657. The third-order valence-electron chi connectivity index (χ3n) is 8.25. The minimum absolute atomic E-state index is 1.14. The molecule has 0 atom stereocenters. The Bertz CT molecular complexity index is 801. The molecule has 0 saturated heterocycles. The molecule has 1 aliphatic rings. The van der Waals surface area contributed by atoms with Crippen LogP contribution in [0.4, 0.5) is 0 Å². The molecule has 0 spiro atoms. The van der Waals surface area contributed by atoms with Gasteiger partial charge in [0, 0.05) is 0 Å². The Morgan fingerprint density at radius 2 is 0.914 bits per heavy atom. The smallest absolute Gasteiger partial charge is 0.00107 e. The van der Waals surface area contributed by atoms with E-state index in [0.29, 0.717) is 0 Å². The van der Waals surface area contributed by atoms with Gasteiger partial charge in [-0.1, -0.05) is 171 Å². The van der Waals surface area contributed by atoms with Crippen molar-refractivity contribution in [3.05, 3.63) is 59.2 Å². The first-order valence-corrected chi connectivity index (χ1v) is 15.6. The minimum Gasteiger partial charge on any atom is -0.0654 e. The van der Waals surface area contributed by atoms with E-state index in [1.807, 2.05) is 0 Å². The third kappa shape index (κ3) is 10.5. The minimum atomic E-state index is 1.14. The van der Waals surface area contributed by atoms with Gasteiger partial charge in [0.05, 0.1) is 0 Å². The Balaban J connectivity index is 1.08. The van der Waals surface area contributed by atoms with Crippen molar-refractivity contribution in [3.8, 4) is 11.1 Å². The molecule has 0 bridgehead atoms. The number of fused-ring (bicyclic) bond motifs is 3. The molecule has 0 heteroatoms. The molecule has 35 heavy (non-hydrogen) atoms. The SMILES string of the molecule is CCCCCCCCCCCCCCCCCCCCCCc1cccc2c1Cc1ccccc1-2. The van der Waals surface area contributed by atoms with Crippen molar-refractivity contribution >= 4 is 0 Å². The summed E-state index contributed by atoms with van der Waals surface area (Å²) in [5.41, 5.74) is 7.67. The lowest BCUT2D eigenvalue weighted by molar-refractivity contribution is 0.521. The van der Waals surface area contributed by atoms with Crippen LogP contribution >= 0.6 is 0 Å². The summed E-state index contributed by atoms with van der Waals surface area (Å²) in [6, 6.07) is 15.9. The zero-order valence-electron chi connectivity index (χ0n) is 23.1. The van der Waals surface area contributed by atoms with Crippen molar-refractivity contribution in [3.63, 3.8) is 0 Å². The van der Waals surface area contributed by atoms with Gasteiger partial charge in [0.25, 0.3) is 0 Å². The lowest BCUT2D eigenvalue weighted by atomic mass is 9.96. The number of hydrogen-bond donors (Lipinski definition) is 0. The molecule has 0 radical (unpaired) electrons. The van der Waals surface area contributed by atoms with Gasteiger partial charge in [-0.2, -0.15) is 0 Å². The highest BCUT2D eigenvalue weighted by atomic mass is 14.2. The molecule has 0 saturated carbocycles. The molecule has 2 aromatic carbocycles. The van der Waals surface area contributed by atoms with Crippen LogP contribution in [0.15, 0.2) is 42.5 Å². The lowest BCUT2D eigenvalue weighted by Gasteiger charge is -2.09. The fourth-order valence-electron chi connectivity index (χ4n) is 6.03. The molecule has 0 aromatic heterocycles. The van der Waals surface area contributed by atoms with Crippen LogP contribution in [0.2, 0.25) is 0 Å². The first-order valence-electron chi connectivity index (χ1n) is 15.6. The Morgan fingerprint density at radius 1 is 0.457 bits per heavy atom. The second-order valence-electron chi connectivity index (χ2n) is 11.2. The van der Waals surface area contributed by atoms with Gasteiger partial charge in [-0.05, 0) is 47.1 Å². The topological polar surface area (TPSA) is 0 Å². The molecule has 1 aliphatic carbocycles. The average molecular weight is 475 g/mol. The van der Waals surface area contributed by atoms with Gasteiger partial charge in [-0.25, -0.2) is 0 Å². The summed E-state index contributed by atoms with van der Waals surface area (Å²) in [5.74, 6) is 0.